The smallest absolute Gasteiger partial charge is 0.408 e. The van der Waals surface area contributed by atoms with E-state index in [9.17, 15) is 27.6 Å². The molecule has 5 aliphatic rings. The van der Waals surface area contributed by atoms with Crippen molar-refractivity contribution < 1.29 is 41.5 Å². The molecule has 4 fully saturated rings. The molecule has 2 aliphatic heterocycles. The maximum Gasteiger partial charge on any atom is 0.408 e. The molecule has 330 valence electrons. The van der Waals surface area contributed by atoms with Crippen LogP contribution in [0.5, 0.6) is 5.88 Å². The van der Waals surface area contributed by atoms with Crippen LogP contribution < -0.4 is 20.1 Å². The minimum absolute atomic E-state index is 0.00962. The number of aromatic nitrogens is 3. The number of nitrogens with one attached hydrogen (secondary N) is 3. The fourth-order valence-corrected chi connectivity index (χ4v) is 11.2. The molecular formula is C44H53N7O9S2. The van der Waals surface area contributed by atoms with E-state index in [1.165, 1.54) is 16.2 Å². The fraction of sp³-hybridized carbons (Fsp3) is 0.568. The quantitative estimate of drug-likeness (QED) is 0.158. The van der Waals surface area contributed by atoms with Crippen molar-refractivity contribution >= 4 is 67.2 Å². The van der Waals surface area contributed by atoms with Gasteiger partial charge in [0.05, 0.1) is 17.5 Å². The normalized spacial score (nSPS) is 26.2. The molecule has 16 nitrogen and oxygen atoms in total. The van der Waals surface area contributed by atoms with E-state index in [1.807, 2.05) is 42.7 Å². The molecule has 0 radical (unpaired) electrons. The van der Waals surface area contributed by atoms with Crippen LogP contribution in [0.4, 0.5) is 4.79 Å². The van der Waals surface area contributed by atoms with E-state index < -0.39 is 68.7 Å². The molecule has 0 spiro atoms. The zero-order valence-electron chi connectivity index (χ0n) is 35.2. The second-order valence-corrected chi connectivity index (χ2v) is 20.7. The predicted octanol–water partition coefficient (Wildman–Crippen LogP) is 6.32. The van der Waals surface area contributed by atoms with Crippen LogP contribution in [0.1, 0.15) is 114 Å². The Bertz CT molecular complexity index is 2540. The van der Waals surface area contributed by atoms with Crippen molar-refractivity contribution in [2.45, 2.75) is 145 Å². The van der Waals surface area contributed by atoms with Crippen molar-refractivity contribution in [3.8, 4) is 16.7 Å². The molecular weight excluding hydrogens is 835 g/mol. The Morgan fingerprint density at radius 1 is 1.02 bits per heavy atom. The Balaban J connectivity index is 1.06. The van der Waals surface area contributed by atoms with Gasteiger partial charge in [-0.2, -0.15) is 4.98 Å². The van der Waals surface area contributed by atoms with E-state index in [0.29, 0.717) is 59.6 Å². The highest BCUT2D eigenvalue weighted by atomic mass is 32.2. The van der Waals surface area contributed by atoms with Crippen LogP contribution in [0.25, 0.3) is 32.9 Å². The number of carbonyl (C=O) groups excluding carboxylic acids is 4. The summed E-state index contributed by atoms with van der Waals surface area (Å²) < 4.78 is 47.0. The average Bonchev–Trinajstić information content (AvgIpc) is 3.87. The lowest BCUT2D eigenvalue weighted by molar-refractivity contribution is -0.141. The van der Waals surface area contributed by atoms with Crippen molar-refractivity contribution in [3.05, 3.63) is 47.0 Å². The van der Waals surface area contributed by atoms with Gasteiger partial charge in [0.25, 0.3) is 11.8 Å². The van der Waals surface area contributed by atoms with E-state index in [0.717, 1.165) is 55.2 Å². The summed E-state index contributed by atoms with van der Waals surface area (Å²) >= 11 is 1.42. The number of aryl methyl sites for hydroxylation is 1. The standard InChI is InChI=1S/C44H53N7O9S2/c1-24(2)32-23-61-40(45-32)37-47-35-30-18-15-25(3)19-34(30)60-36(35)39(48-37)58-28-20-33-38(52)49-44(42(54)50-62(56,57)29-16-17-29)21-26(44)11-7-5-4-6-8-14-31(41(53)51(33)22-28)46-43(55)59-27-12-9-10-13-27/h7,11,15,18-19,23-24,26-29,31,33H,4-6,8-10,12-14,16-17,20-22H2,1-3H3,(H,46,55)(H,49,52)(H,50,54)/t26-,28-,31+,33+,44-/m1/s1. The number of allylic oxidation sites excluding steroid dienone is 1. The molecule has 18 heteroatoms. The molecule has 1 aromatic carbocycles. The summed E-state index contributed by atoms with van der Waals surface area (Å²) in [4.78, 5) is 72.6. The van der Waals surface area contributed by atoms with E-state index in [-0.39, 0.29) is 37.3 Å². The average molecular weight is 888 g/mol. The number of fused-ring (bicyclic) bond motifs is 5. The number of carbonyl (C=O) groups is 4. The lowest BCUT2D eigenvalue weighted by atomic mass is 10.0. The monoisotopic (exact) mass is 887 g/mol. The minimum Gasteiger partial charge on any atom is -0.470 e. The van der Waals surface area contributed by atoms with Gasteiger partial charge < -0.3 is 29.4 Å². The van der Waals surface area contributed by atoms with E-state index in [4.69, 9.17) is 28.8 Å². The molecule has 4 amide bonds. The number of amides is 4. The SMILES string of the molecule is Cc1ccc2c(c1)oc1c(O[C@@H]3C[C@H]4C(=O)N[C@]5(C(=O)NS(=O)(=O)C6CC6)C[C@H]5C=CCCCCC[C@H](NC(=O)OC5CCCC5)C(=O)N4C3)nc(-c3nc(C(C)C)cs3)nc12. The Morgan fingerprint density at radius 2 is 1.81 bits per heavy atom. The lowest BCUT2D eigenvalue weighted by Gasteiger charge is -2.30. The van der Waals surface area contributed by atoms with Gasteiger partial charge in [-0.15, -0.1) is 11.3 Å². The Hall–Kier alpha value is -5.10. The summed E-state index contributed by atoms with van der Waals surface area (Å²) in [5.41, 5.74) is 1.76. The first kappa shape index (κ1) is 42.2. The van der Waals surface area contributed by atoms with Crippen LogP contribution in [0.3, 0.4) is 0 Å². The predicted molar refractivity (Wildman–Crippen MR) is 231 cm³/mol. The van der Waals surface area contributed by atoms with Crippen LogP contribution in [-0.4, -0.2) is 93.7 Å². The Labute approximate surface area is 364 Å². The van der Waals surface area contributed by atoms with Gasteiger partial charge in [-0.3, -0.25) is 19.1 Å². The molecule has 1 saturated heterocycles. The molecule has 3 saturated carbocycles. The number of thiazole rings is 1. The Morgan fingerprint density at radius 3 is 2.56 bits per heavy atom. The first-order valence-electron chi connectivity index (χ1n) is 21.9. The molecule has 5 atom stereocenters. The van der Waals surface area contributed by atoms with Crippen LogP contribution in [-0.2, 0) is 29.1 Å². The molecule has 0 bridgehead atoms. The van der Waals surface area contributed by atoms with Crippen molar-refractivity contribution in [1.82, 2.24) is 35.2 Å². The number of hydrogen-bond acceptors (Lipinski definition) is 13. The summed E-state index contributed by atoms with van der Waals surface area (Å²) in [6.45, 7) is 6.00. The molecule has 3 aliphatic carbocycles. The fourth-order valence-electron chi connectivity index (χ4n) is 8.89. The van der Waals surface area contributed by atoms with Crippen LogP contribution in [0, 0.1) is 12.8 Å². The molecule has 5 heterocycles. The maximum atomic E-state index is 14.8. The number of furan rings is 1. The molecule has 4 aromatic rings. The van der Waals surface area contributed by atoms with Crippen molar-refractivity contribution in [3.63, 3.8) is 0 Å². The van der Waals surface area contributed by atoms with Gasteiger partial charge in [0.15, 0.2) is 10.8 Å². The van der Waals surface area contributed by atoms with Gasteiger partial charge in [-0.05, 0) is 94.7 Å². The first-order chi connectivity index (χ1) is 29.8. The number of nitrogens with zero attached hydrogens (tertiary/aromatic N) is 4. The second-order valence-electron chi connectivity index (χ2n) is 17.9. The summed E-state index contributed by atoms with van der Waals surface area (Å²) in [7, 11) is -3.92. The van der Waals surface area contributed by atoms with Crippen LogP contribution >= 0.6 is 11.3 Å². The van der Waals surface area contributed by atoms with Crippen molar-refractivity contribution in [1.29, 1.82) is 0 Å². The third-order valence-electron chi connectivity index (χ3n) is 12.7. The van der Waals surface area contributed by atoms with Gasteiger partial charge >= 0.3 is 6.09 Å². The highest BCUT2D eigenvalue weighted by Crippen LogP contribution is 2.46. The van der Waals surface area contributed by atoms with E-state index in [2.05, 4.69) is 29.2 Å². The van der Waals surface area contributed by atoms with Crippen LogP contribution in [0.15, 0.2) is 40.1 Å². The third kappa shape index (κ3) is 8.64. The number of sulfonamides is 1. The van der Waals surface area contributed by atoms with Gasteiger partial charge in [0.1, 0.15) is 40.9 Å². The number of alkyl carbamates (subject to hydrolysis) is 1. The summed E-state index contributed by atoms with van der Waals surface area (Å²) in [5, 5.41) is 8.43. The maximum absolute atomic E-state index is 14.8. The zero-order valence-corrected chi connectivity index (χ0v) is 36.8. The minimum atomic E-state index is -3.92. The van der Waals surface area contributed by atoms with Crippen molar-refractivity contribution in [2.75, 3.05) is 6.54 Å². The van der Waals surface area contributed by atoms with Gasteiger partial charge in [-0.1, -0.05) is 44.9 Å². The second kappa shape index (κ2) is 16.9. The van der Waals surface area contributed by atoms with E-state index >= 15 is 0 Å². The Kier molecular flexibility index (Phi) is 11.5. The summed E-state index contributed by atoms with van der Waals surface area (Å²) in [6.07, 6.45) is 9.84. The van der Waals surface area contributed by atoms with Gasteiger partial charge in [0, 0.05) is 23.1 Å². The highest BCUT2D eigenvalue weighted by molar-refractivity contribution is 7.91. The summed E-state index contributed by atoms with van der Waals surface area (Å²) in [6, 6.07) is 3.63. The number of benzene rings is 1. The molecule has 62 heavy (non-hydrogen) atoms. The first-order valence-corrected chi connectivity index (χ1v) is 24.4. The largest absolute Gasteiger partial charge is 0.470 e. The van der Waals surface area contributed by atoms with Gasteiger partial charge in [-0.25, -0.2) is 23.2 Å². The van der Waals surface area contributed by atoms with Gasteiger partial charge in [0.2, 0.25) is 27.4 Å². The summed E-state index contributed by atoms with van der Waals surface area (Å²) in [5.74, 6) is -1.75. The number of ether oxygens (including phenoxy) is 2. The molecule has 3 N–H and O–H groups in total. The third-order valence-corrected chi connectivity index (χ3v) is 15.4. The van der Waals surface area contributed by atoms with Crippen LogP contribution in [0.2, 0.25) is 0 Å². The molecule has 3 aromatic heterocycles. The lowest BCUT2D eigenvalue weighted by Crippen LogP contribution is -2.58. The number of hydrogen-bond donors (Lipinski definition) is 3. The topological polar surface area (TPSA) is 212 Å². The number of rotatable bonds is 9. The van der Waals surface area contributed by atoms with E-state index in [1.54, 1.807) is 0 Å². The highest BCUT2D eigenvalue weighted by Gasteiger charge is 2.62. The molecule has 9 rings (SSSR count). The zero-order chi connectivity index (χ0) is 43.3. The molecule has 0 unspecified atom stereocenters. The van der Waals surface area contributed by atoms with Crippen molar-refractivity contribution in [2.24, 2.45) is 5.92 Å².